The minimum atomic E-state index is 0.674. The van der Waals surface area contributed by atoms with Gasteiger partial charge in [-0.1, -0.05) is 0 Å². The Morgan fingerprint density at radius 3 is 2.45 bits per heavy atom. The fourth-order valence-electron chi connectivity index (χ4n) is 0.926. The molecule has 2 nitrogen and oxygen atoms in total. The van der Waals surface area contributed by atoms with Crippen molar-refractivity contribution in [2.45, 2.75) is 12.5 Å². The van der Waals surface area contributed by atoms with Crippen LogP contribution in [0.25, 0.3) is 0 Å². The van der Waals surface area contributed by atoms with Gasteiger partial charge in [-0.2, -0.15) is 11.8 Å². The van der Waals surface area contributed by atoms with E-state index >= 15 is 0 Å². The summed E-state index contributed by atoms with van der Waals surface area (Å²) in [6.07, 6.45) is 3.39. The normalized spacial score (nSPS) is 13.9. The van der Waals surface area contributed by atoms with Gasteiger partial charge in [0.2, 0.25) is 0 Å². The number of nitrogens with one attached hydrogen (secondary N) is 1. The number of hydrogen-bond donors (Lipinski definition) is 1. The first-order valence-electron chi connectivity index (χ1n) is 4.01. The predicted molar refractivity (Wildman–Crippen MR) is 54.4 cm³/mol. The molecule has 11 heavy (non-hydrogen) atoms. The number of hydrogen-bond acceptors (Lipinski definition) is 3. The summed E-state index contributed by atoms with van der Waals surface area (Å²) >= 11 is 1.90. The zero-order valence-corrected chi connectivity index (χ0v) is 8.87. The summed E-state index contributed by atoms with van der Waals surface area (Å²) in [5.41, 5.74) is 0. The van der Waals surface area contributed by atoms with E-state index in [2.05, 4.69) is 30.6 Å². The largest absolute Gasteiger partial charge is 0.316 e. The van der Waals surface area contributed by atoms with E-state index in [0.29, 0.717) is 6.04 Å². The predicted octanol–water partition coefficient (Wildman–Crippen LogP) is 0.889. The molecule has 1 N–H and O–H groups in total. The Kier molecular flexibility index (Phi) is 7.12. The molecule has 0 spiro atoms. The summed E-state index contributed by atoms with van der Waals surface area (Å²) in [7, 11) is 6.27. The fraction of sp³-hybridized carbons (Fsp3) is 1.00. The van der Waals surface area contributed by atoms with Crippen molar-refractivity contribution in [3.8, 4) is 0 Å². The lowest BCUT2D eigenvalue weighted by molar-refractivity contribution is 0.375. The van der Waals surface area contributed by atoms with Gasteiger partial charge in [0, 0.05) is 11.8 Å². The van der Waals surface area contributed by atoms with Gasteiger partial charge in [0.05, 0.1) is 0 Å². The maximum absolute atomic E-state index is 3.31. The van der Waals surface area contributed by atoms with Crippen molar-refractivity contribution in [3.63, 3.8) is 0 Å². The molecule has 68 valence electrons. The zero-order valence-electron chi connectivity index (χ0n) is 8.05. The van der Waals surface area contributed by atoms with E-state index < -0.39 is 0 Å². The molecule has 0 bridgehead atoms. The van der Waals surface area contributed by atoms with Gasteiger partial charge in [-0.3, -0.25) is 0 Å². The SMILES string of the molecule is CNC(CCN(C)C)CSC. The molecule has 0 radical (unpaired) electrons. The third-order valence-electron chi connectivity index (χ3n) is 1.70. The first kappa shape index (κ1) is 11.3. The van der Waals surface area contributed by atoms with Gasteiger partial charge in [-0.25, -0.2) is 0 Å². The van der Waals surface area contributed by atoms with Crippen molar-refractivity contribution < 1.29 is 0 Å². The van der Waals surface area contributed by atoms with Gasteiger partial charge in [-0.05, 0) is 40.4 Å². The molecule has 1 atom stereocenters. The molecular formula is C8H20N2S. The van der Waals surface area contributed by atoms with Gasteiger partial charge in [-0.15, -0.1) is 0 Å². The van der Waals surface area contributed by atoms with Crippen molar-refractivity contribution in [1.29, 1.82) is 0 Å². The van der Waals surface area contributed by atoms with Crippen LogP contribution in [0.4, 0.5) is 0 Å². The van der Waals surface area contributed by atoms with E-state index in [4.69, 9.17) is 0 Å². The van der Waals surface area contributed by atoms with E-state index in [0.717, 1.165) is 0 Å². The topological polar surface area (TPSA) is 15.3 Å². The Labute approximate surface area is 74.7 Å². The summed E-state index contributed by atoms with van der Waals surface area (Å²) in [5.74, 6) is 1.21. The molecule has 0 rings (SSSR count). The molecule has 0 aliphatic rings. The average molecular weight is 176 g/mol. The highest BCUT2D eigenvalue weighted by Crippen LogP contribution is 2.01. The van der Waals surface area contributed by atoms with Gasteiger partial charge < -0.3 is 10.2 Å². The highest BCUT2D eigenvalue weighted by molar-refractivity contribution is 7.98. The number of thioether (sulfide) groups is 1. The lowest BCUT2D eigenvalue weighted by Gasteiger charge is -2.17. The van der Waals surface area contributed by atoms with Gasteiger partial charge in [0.15, 0.2) is 0 Å². The standard InChI is InChI=1S/C8H20N2S/c1-9-8(7-11-4)5-6-10(2)3/h8-9H,5-7H2,1-4H3. The fourth-order valence-corrected chi connectivity index (χ4v) is 1.66. The Bertz CT molecular complexity index is 86.2. The zero-order chi connectivity index (χ0) is 8.69. The van der Waals surface area contributed by atoms with Gasteiger partial charge in [0.25, 0.3) is 0 Å². The van der Waals surface area contributed by atoms with Crippen molar-refractivity contribution in [1.82, 2.24) is 10.2 Å². The lowest BCUT2D eigenvalue weighted by Crippen LogP contribution is -2.31. The van der Waals surface area contributed by atoms with E-state index in [1.54, 1.807) is 0 Å². The number of rotatable bonds is 6. The third kappa shape index (κ3) is 6.66. The highest BCUT2D eigenvalue weighted by atomic mass is 32.2. The van der Waals surface area contributed by atoms with E-state index in [1.807, 2.05) is 18.8 Å². The van der Waals surface area contributed by atoms with Gasteiger partial charge >= 0.3 is 0 Å². The summed E-state index contributed by atoms with van der Waals surface area (Å²) in [5, 5.41) is 3.31. The van der Waals surface area contributed by atoms with Crippen LogP contribution >= 0.6 is 11.8 Å². The Morgan fingerprint density at radius 2 is 2.09 bits per heavy atom. The Balaban J connectivity index is 3.35. The molecule has 0 aromatic heterocycles. The molecule has 0 aliphatic heterocycles. The van der Waals surface area contributed by atoms with E-state index in [-0.39, 0.29) is 0 Å². The van der Waals surface area contributed by atoms with Crippen LogP contribution in [0.15, 0.2) is 0 Å². The summed E-state index contributed by atoms with van der Waals surface area (Å²) in [4.78, 5) is 2.23. The average Bonchev–Trinajstić information content (AvgIpc) is 1.97. The monoisotopic (exact) mass is 176 g/mol. The van der Waals surface area contributed by atoms with Crippen molar-refractivity contribution in [2.24, 2.45) is 0 Å². The summed E-state index contributed by atoms with van der Waals surface area (Å²) < 4.78 is 0. The smallest absolute Gasteiger partial charge is 0.0167 e. The van der Waals surface area contributed by atoms with Crippen LogP contribution in [0.2, 0.25) is 0 Å². The minimum Gasteiger partial charge on any atom is -0.316 e. The van der Waals surface area contributed by atoms with Crippen LogP contribution in [0, 0.1) is 0 Å². The second-order valence-corrected chi connectivity index (χ2v) is 3.94. The molecule has 0 aromatic rings. The molecule has 0 aromatic carbocycles. The maximum Gasteiger partial charge on any atom is 0.0167 e. The summed E-state index contributed by atoms with van der Waals surface area (Å²) in [6.45, 7) is 1.17. The molecule has 0 fully saturated rings. The molecular weight excluding hydrogens is 156 g/mol. The maximum atomic E-state index is 3.31. The van der Waals surface area contributed by atoms with E-state index in [1.165, 1.54) is 18.7 Å². The molecule has 0 heterocycles. The van der Waals surface area contributed by atoms with E-state index in [9.17, 15) is 0 Å². The van der Waals surface area contributed by atoms with Crippen molar-refractivity contribution >= 4 is 11.8 Å². The molecule has 1 unspecified atom stereocenters. The van der Waals surface area contributed by atoms with Crippen LogP contribution in [0.5, 0.6) is 0 Å². The third-order valence-corrected chi connectivity index (χ3v) is 2.44. The van der Waals surface area contributed by atoms with Crippen LogP contribution in [0.1, 0.15) is 6.42 Å². The van der Waals surface area contributed by atoms with Crippen LogP contribution in [0.3, 0.4) is 0 Å². The second kappa shape index (κ2) is 6.95. The molecule has 3 heteroatoms. The van der Waals surface area contributed by atoms with Gasteiger partial charge in [0.1, 0.15) is 0 Å². The quantitative estimate of drug-likeness (QED) is 0.647. The van der Waals surface area contributed by atoms with Crippen molar-refractivity contribution in [2.75, 3.05) is 39.7 Å². The first-order chi connectivity index (χ1) is 5.20. The molecule has 0 aliphatic carbocycles. The van der Waals surface area contributed by atoms with Crippen LogP contribution < -0.4 is 5.32 Å². The second-order valence-electron chi connectivity index (χ2n) is 3.03. The Morgan fingerprint density at radius 1 is 1.45 bits per heavy atom. The number of nitrogens with zero attached hydrogens (tertiary/aromatic N) is 1. The summed E-state index contributed by atoms with van der Waals surface area (Å²) in [6, 6.07) is 0.674. The lowest BCUT2D eigenvalue weighted by atomic mass is 10.2. The minimum absolute atomic E-state index is 0.674. The first-order valence-corrected chi connectivity index (χ1v) is 5.41. The Hall–Kier alpha value is 0.270. The molecule has 0 saturated carbocycles. The molecule has 0 amide bonds. The van der Waals surface area contributed by atoms with Crippen molar-refractivity contribution in [3.05, 3.63) is 0 Å². The van der Waals surface area contributed by atoms with Crippen LogP contribution in [-0.2, 0) is 0 Å². The highest BCUT2D eigenvalue weighted by Gasteiger charge is 2.04. The molecule has 0 saturated heterocycles. The van der Waals surface area contributed by atoms with Crippen LogP contribution in [-0.4, -0.2) is 50.6 Å².